The van der Waals surface area contributed by atoms with Gasteiger partial charge in [0.2, 0.25) is 17.8 Å². The summed E-state index contributed by atoms with van der Waals surface area (Å²) in [4.78, 5) is 15.9. The summed E-state index contributed by atoms with van der Waals surface area (Å²) in [6, 6.07) is 17.4. The Kier molecular flexibility index (Phi) is 7.09. The second-order valence-electron chi connectivity index (χ2n) is 7.03. The number of morpholine rings is 1. The second-order valence-corrected chi connectivity index (χ2v) is 7.03. The summed E-state index contributed by atoms with van der Waals surface area (Å²) in [5.74, 6) is 2.22. The lowest BCUT2D eigenvalue weighted by molar-refractivity contribution is 0.0398. The number of ether oxygens (including phenoxy) is 2. The van der Waals surface area contributed by atoms with Crippen molar-refractivity contribution >= 4 is 29.2 Å². The van der Waals surface area contributed by atoms with Crippen molar-refractivity contribution in [2.45, 2.75) is 0 Å². The van der Waals surface area contributed by atoms with Crippen LogP contribution in [0.4, 0.5) is 29.2 Å². The predicted octanol–water partition coefficient (Wildman–Crippen LogP) is 3.11. The Morgan fingerprint density at radius 2 is 1.45 bits per heavy atom. The zero-order chi connectivity index (χ0) is 21.3. The Morgan fingerprint density at radius 1 is 0.839 bits per heavy atom. The highest BCUT2D eigenvalue weighted by atomic mass is 16.5. The quantitative estimate of drug-likeness (QED) is 0.481. The Morgan fingerprint density at radius 3 is 2.10 bits per heavy atom. The summed E-state index contributed by atoms with van der Waals surface area (Å²) in [6.45, 7) is 5.10. The van der Waals surface area contributed by atoms with E-state index >= 15 is 0 Å². The normalized spacial score (nSPS) is 14.1. The SMILES string of the molecule is COc1ccc(Nc2nc(NCCN3CCOCC3)nc(Nc3ccccc3)n2)cc1. The largest absolute Gasteiger partial charge is 0.497 e. The summed E-state index contributed by atoms with van der Waals surface area (Å²) in [7, 11) is 1.64. The third-order valence-electron chi connectivity index (χ3n) is 4.83. The van der Waals surface area contributed by atoms with Crippen molar-refractivity contribution in [3.8, 4) is 5.75 Å². The third-order valence-corrected chi connectivity index (χ3v) is 4.83. The number of rotatable bonds is 9. The van der Waals surface area contributed by atoms with Crippen LogP contribution in [0.3, 0.4) is 0 Å². The molecule has 1 aromatic heterocycles. The first-order chi connectivity index (χ1) is 15.3. The number of hydrogen-bond acceptors (Lipinski definition) is 9. The fraction of sp³-hybridized carbons (Fsp3) is 0.318. The maximum Gasteiger partial charge on any atom is 0.233 e. The first kappa shape index (κ1) is 20.8. The molecule has 0 bridgehead atoms. The summed E-state index contributed by atoms with van der Waals surface area (Å²) in [6.07, 6.45) is 0. The topological polar surface area (TPSA) is 96.5 Å². The van der Waals surface area contributed by atoms with Crippen molar-refractivity contribution in [3.63, 3.8) is 0 Å². The van der Waals surface area contributed by atoms with Gasteiger partial charge in [-0.2, -0.15) is 15.0 Å². The highest BCUT2D eigenvalue weighted by Crippen LogP contribution is 2.20. The Bertz CT molecular complexity index is 948. The van der Waals surface area contributed by atoms with E-state index in [1.54, 1.807) is 7.11 Å². The van der Waals surface area contributed by atoms with Gasteiger partial charge in [0, 0.05) is 37.6 Å². The zero-order valence-electron chi connectivity index (χ0n) is 17.5. The average molecular weight is 422 g/mol. The molecule has 1 aliphatic rings. The number of hydrogen-bond donors (Lipinski definition) is 3. The molecule has 0 spiro atoms. The van der Waals surface area contributed by atoms with Crippen molar-refractivity contribution in [3.05, 3.63) is 54.6 Å². The van der Waals surface area contributed by atoms with Gasteiger partial charge < -0.3 is 25.4 Å². The Balaban J connectivity index is 1.47. The standard InChI is InChI=1S/C22H27N7O2/c1-30-19-9-7-18(8-10-19)25-22-27-20(23-11-12-29-13-15-31-16-14-29)26-21(28-22)24-17-5-3-2-4-6-17/h2-10H,11-16H2,1H3,(H3,23,24,25,26,27,28). The lowest BCUT2D eigenvalue weighted by Gasteiger charge is -2.26. The monoisotopic (exact) mass is 421 g/mol. The van der Waals surface area contributed by atoms with Gasteiger partial charge in [0.05, 0.1) is 20.3 Å². The van der Waals surface area contributed by atoms with Crippen molar-refractivity contribution < 1.29 is 9.47 Å². The van der Waals surface area contributed by atoms with Gasteiger partial charge in [0.1, 0.15) is 5.75 Å². The molecule has 162 valence electrons. The molecule has 4 rings (SSSR count). The van der Waals surface area contributed by atoms with Crippen LogP contribution < -0.4 is 20.7 Å². The summed E-state index contributed by atoms with van der Waals surface area (Å²) < 4.78 is 10.6. The van der Waals surface area contributed by atoms with Crippen LogP contribution in [0.1, 0.15) is 0 Å². The van der Waals surface area contributed by atoms with Gasteiger partial charge in [-0.1, -0.05) is 18.2 Å². The Labute approximate surface area is 181 Å². The van der Waals surface area contributed by atoms with E-state index in [9.17, 15) is 0 Å². The van der Waals surface area contributed by atoms with Crippen LogP contribution in [0.15, 0.2) is 54.6 Å². The minimum absolute atomic E-state index is 0.451. The predicted molar refractivity (Wildman–Crippen MR) is 122 cm³/mol. The van der Waals surface area contributed by atoms with E-state index in [-0.39, 0.29) is 0 Å². The first-order valence-corrected chi connectivity index (χ1v) is 10.3. The van der Waals surface area contributed by atoms with Crippen LogP contribution in [0.5, 0.6) is 5.75 Å². The molecule has 2 heterocycles. The van der Waals surface area contributed by atoms with Crippen LogP contribution in [0.25, 0.3) is 0 Å². The van der Waals surface area contributed by atoms with E-state index in [1.165, 1.54) is 0 Å². The van der Waals surface area contributed by atoms with Gasteiger partial charge in [-0.25, -0.2) is 0 Å². The molecule has 0 radical (unpaired) electrons. The fourth-order valence-electron chi connectivity index (χ4n) is 3.17. The summed E-state index contributed by atoms with van der Waals surface area (Å²) in [5, 5.41) is 9.79. The smallest absolute Gasteiger partial charge is 0.233 e. The molecule has 0 amide bonds. The molecule has 1 fully saturated rings. The number of nitrogens with one attached hydrogen (secondary N) is 3. The maximum atomic E-state index is 5.40. The number of para-hydroxylation sites is 1. The van der Waals surface area contributed by atoms with Crippen molar-refractivity contribution in [2.24, 2.45) is 0 Å². The maximum absolute atomic E-state index is 5.40. The molecule has 2 aromatic carbocycles. The van der Waals surface area contributed by atoms with Gasteiger partial charge >= 0.3 is 0 Å². The van der Waals surface area contributed by atoms with Gasteiger partial charge in [-0.3, -0.25) is 4.90 Å². The van der Waals surface area contributed by atoms with E-state index in [4.69, 9.17) is 9.47 Å². The van der Waals surface area contributed by atoms with Crippen LogP contribution in [-0.4, -0.2) is 66.4 Å². The molecule has 9 nitrogen and oxygen atoms in total. The summed E-state index contributed by atoms with van der Waals surface area (Å²) >= 11 is 0. The molecule has 0 saturated carbocycles. The van der Waals surface area contributed by atoms with E-state index in [1.807, 2.05) is 54.6 Å². The molecule has 0 atom stereocenters. The molecular formula is C22H27N7O2. The highest BCUT2D eigenvalue weighted by molar-refractivity contribution is 5.59. The molecule has 3 N–H and O–H groups in total. The van der Waals surface area contributed by atoms with E-state index in [0.717, 1.165) is 56.5 Å². The van der Waals surface area contributed by atoms with Gasteiger partial charge in [-0.05, 0) is 36.4 Å². The number of benzene rings is 2. The molecule has 1 saturated heterocycles. The minimum Gasteiger partial charge on any atom is -0.497 e. The van der Waals surface area contributed by atoms with Crippen LogP contribution in [-0.2, 0) is 4.74 Å². The van der Waals surface area contributed by atoms with Crippen molar-refractivity contribution in [2.75, 3.05) is 62.5 Å². The molecular weight excluding hydrogens is 394 g/mol. The number of nitrogens with zero attached hydrogens (tertiary/aromatic N) is 4. The molecule has 0 unspecified atom stereocenters. The molecule has 1 aliphatic heterocycles. The van der Waals surface area contributed by atoms with Crippen molar-refractivity contribution in [1.29, 1.82) is 0 Å². The zero-order valence-corrected chi connectivity index (χ0v) is 17.5. The molecule has 3 aromatic rings. The molecule has 31 heavy (non-hydrogen) atoms. The van der Waals surface area contributed by atoms with Gasteiger partial charge in [-0.15, -0.1) is 0 Å². The second kappa shape index (κ2) is 10.6. The summed E-state index contributed by atoms with van der Waals surface area (Å²) in [5.41, 5.74) is 1.76. The van der Waals surface area contributed by atoms with Gasteiger partial charge in [0.25, 0.3) is 0 Å². The van der Waals surface area contributed by atoms with Crippen LogP contribution >= 0.6 is 0 Å². The van der Waals surface area contributed by atoms with Crippen LogP contribution in [0, 0.1) is 0 Å². The van der Waals surface area contributed by atoms with E-state index < -0.39 is 0 Å². The van der Waals surface area contributed by atoms with Gasteiger partial charge in [0.15, 0.2) is 0 Å². The van der Waals surface area contributed by atoms with Crippen LogP contribution in [0.2, 0.25) is 0 Å². The number of anilines is 5. The molecule has 9 heteroatoms. The third kappa shape index (κ3) is 6.27. The lowest BCUT2D eigenvalue weighted by atomic mass is 10.3. The fourth-order valence-corrected chi connectivity index (χ4v) is 3.17. The minimum atomic E-state index is 0.451. The number of aromatic nitrogens is 3. The average Bonchev–Trinajstić information content (AvgIpc) is 2.81. The van der Waals surface area contributed by atoms with Crippen molar-refractivity contribution in [1.82, 2.24) is 19.9 Å². The Hall–Kier alpha value is -3.43. The number of methoxy groups -OCH3 is 1. The first-order valence-electron chi connectivity index (χ1n) is 10.3. The lowest BCUT2D eigenvalue weighted by Crippen LogP contribution is -2.39. The van der Waals surface area contributed by atoms with E-state index in [0.29, 0.717) is 17.8 Å². The highest BCUT2D eigenvalue weighted by Gasteiger charge is 2.11. The molecule has 0 aliphatic carbocycles. The van der Waals surface area contributed by atoms with E-state index in [2.05, 4.69) is 35.8 Å².